The molecule has 0 atom stereocenters. The van der Waals surface area contributed by atoms with E-state index in [1.807, 2.05) is 35.6 Å². The van der Waals surface area contributed by atoms with Gasteiger partial charge in [-0.05, 0) is 83.6 Å². The molecule has 10 rings (SSSR count). The van der Waals surface area contributed by atoms with E-state index in [-0.39, 0.29) is 0 Å². The monoisotopic (exact) mass is 581 g/mol. The summed E-state index contributed by atoms with van der Waals surface area (Å²) >= 11 is 1.84. The number of fused-ring (bicyclic) bond motifs is 10. The number of thiophene rings is 1. The van der Waals surface area contributed by atoms with Crippen LogP contribution >= 0.6 is 11.3 Å². The van der Waals surface area contributed by atoms with Gasteiger partial charge in [-0.25, -0.2) is 0 Å². The first-order valence-electron chi connectivity index (χ1n) is 14.7. The van der Waals surface area contributed by atoms with Gasteiger partial charge in [-0.3, -0.25) is 0 Å². The number of hydrogen-bond donors (Lipinski definition) is 0. The summed E-state index contributed by atoms with van der Waals surface area (Å²) in [5, 5.41) is 9.39. The second-order valence-corrected chi connectivity index (χ2v) is 12.5. The first-order valence-corrected chi connectivity index (χ1v) is 15.6. The third kappa shape index (κ3) is 3.49. The average molecular weight is 582 g/mol. The Balaban J connectivity index is 1.22. The summed E-state index contributed by atoms with van der Waals surface area (Å²) in [7, 11) is 0. The van der Waals surface area contributed by atoms with Gasteiger partial charge in [0.15, 0.2) is 0 Å². The van der Waals surface area contributed by atoms with Crippen LogP contribution in [0.25, 0.3) is 74.8 Å². The van der Waals surface area contributed by atoms with Crippen LogP contribution < -0.4 is 4.90 Å². The summed E-state index contributed by atoms with van der Waals surface area (Å²) in [6, 6.07) is 49.6. The molecule has 0 saturated carbocycles. The van der Waals surface area contributed by atoms with Crippen LogP contribution in [0.1, 0.15) is 0 Å². The first-order chi connectivity index (χ1) is 21.8. The van der Waals surface area contributed by atoms with Gasteiger partial charge in [-0.15, -0.1) is 11.3 Å². The van der Waals surface area contributed by atoms with Gasteiger partial charge in [0.25, 0.3) is 0 Å². The maximum atomic E-state index is 6.35. The number of para-hydroxylation sites is 2. The molecule has 0 fully saturated rings. The molecule has 0 aliphatic carbocycles. The molecule has 0 bridgehead atoms. The Hall–Kier alpha value is -5.58. The Morgan fingerprint density at radius 3 is 1.80 bits per heavy atom. The molecule has 0 saturated heterocycles. The number of rotatable bonds is 3. The maximum Gasteiger partial charge on any atom is 0.137 e. The van der Waals surface area contributed by atoms with Crippen LogP contribution in [0.15, 0.2) is 148 Å². The van der Waals surface area contributed by atoms with Crippen molar-refractivity contribution < 1.29 is 8.83 Å². The smallest absolute Gasteiger partial charge is 0.137 e. The fraction of sp³-hybridized carbons (Fsp3) is 0. The Morgan fingerprint density at radius 2 is 0.955 bits per heavy atom. The molecule has 0 radical (unpaired) electrons. The van der Waals surface area contributed by atoms with E-state index in [9.17, 15) is 0 Å². The highest BCUT2D eigenvalue weighted by Gasteiger charge is 2.18. The van der Waals surface area contributed by atoms with E-state index in [0.717, 1.165) is 66.3 Å². The van der Waals surface area contributed by atoms with Crippen molar-refractivity contribution >= 4 is 103 Å². The predicted octanol–water partition coefficient (Wildman–Crippen LogP) is 12.5. The van der Waals surface area contributed by atoms with E-state index in [1.165, 1.54) is 25.6 Å². The molecule has 3 nitrogen and oxygen atoms in total. The normalized spacial score (nSPS) is 12.1. The van der Waals surface area contributed by atoms with Gasteiger partial charge in [-0.2, -0.15) is 0 Å². The molecular weight excluding hydrogens is 559 g/mol. The first kappa shape index (κ1) is 23.9. The predicted molar refractivity (Wildman–Crippen MR) is 186 cm³/mol. The number of benzene rings is 7. The second-order valence-electron chi connectivity index (χ2n) is 11.4. The number of hydrogen-bond acceptors (Lipinski definition) is 4. The highest BCUT2D eigenvalue weighted by molar-refractivity contribution is 7.25. The van der Waals surface area contributed by atoms with Gasteiger partial charge in [0.1, 0.15) is 22.3 Å². The van der Waals surface area contributed by atoms with Crippen molar-refractivity contribution in [3.63, 3.8) is 0 Å². The lowest BCUT2D eigenvalue weighted by Crippen LogP contribution is -2.09. The Bertz CT molecular complexity index is 2750. The van der Waals surface area contributed by atoms with E-state index in [1.54, 1.807) is 0 Å². The van der Waals surface area contributed by atoms with Crippen molar-refractivity contribution in [1.29, 1.82) is 0 Å². The SMILES string of the molecule is c1ccc2c(c1)oc1cc(N(c3ccc4cc5oc6ccccc6c5cc4c3)c3ccc4sc5ccccc5c4c3)ccc12. The molecule has 0 aliphatic heterocycles. The van der Waals surface area contributed by atoms with Crippen LogP contribution in [0.4, 0.5) is 17.1 Å². The average Bonchev–Trinajstić information content (AvgIpc) is 3.74. The van der Waals surface area contributed by atoms with E-state index < -0.39 is 0 Å². The van der Waals surface area contributed by atoms with Gasteiger partial charge >= 0.3 is 0 Å². The molecule has 3 aromatic heterocycles. The molecule has 0 spiro atoms. The van der Waals surface area contributed by atoms with Gasteiger partial charge < -0.3 is 13.7 Å². The van der Waals surface area contributed by atoms with Crippen LogP contribution in [0.2, 0.25) is 0 Å². The van der Waals surface area contributed by atoms with E-state index >= 15 is 0 Å². The van der Waals surface area contributed by atoms with Crippen molar-refractivity contribution in [3.8, 4) is 0 Å². The molecule has 0 N–H and O–H groups in total. The fourth-order valence-electron chi connectivity index (χ4n) is 6.75. The quantitative estimate of drug-likeness (QED) is 0.208. The molecule has 0 amide bonds. The number of furan rings is 2. The standard InChI is InChI=1S/C40H23NO2S/c1-4-10-35-29(7-1)31-17-15-28(23-38(31)43-35)41(27-16-18-40-34(22-27)32-9-3-6-12-39(32)44-40)26-14-13-24-21-37-33(20-25(24)19-26)30-8-2-5-11-36(30)42-37/h1-23H. The van der Waals surface area contributed by atoms with Crippen molar-refractivity contribution in [3.05, 3.63) is 140 Å². The molecule has 0 aliphatic rings. The summed E-state index contributed by atoms with van der Waals surface area (Å²) in [4.78, 5) is 2.34. The Morgan fingerprint density at radius 1 is 0.364 bits per heavy atom. The van der Waals surface area contributed by atoms with Gasteiger partial charge in [0, 0.05) is 64.8 Å². The Kier molecular flexibility index (Phi) is 4.87. The van der Waals surface area contributed by atoms with Crippen molar-refractivity contribution in [2.45, 2.75) is 0 Å². The van der Waals surface area contributed by atoms with Gasteiger partial charge in [-0.1, -0.05) is 60.7 Å². The van der Waals surface area contributed by atoms with Crippen molar-refractivity contribution in [1.82, 2.24) is 0 Å². The van der Waals surface area contributed by atoms with E-state index in [2.05, 4.69) is 120 Å². The van der Waals surface area contributed by atoms with Gasteiger partial charge in [0.05, 0.1) is 0 Å². The summed E-state index contributed by atoms with van der Waals surface area (Å²) in [5.41, 5.74) is 6.83. The Labute approximate surface area is 255 Å². The molecule has 44 heavy (non-hydrogen) atoms. The minimum absolute atomic E-state index is 0.878. The topological polar surface area (TPSA) is 29.5 Å². The van der Waals surface area contributed by atoms with Crippen LogP contribution in [0, 0.1) is 0 Å². The molecule has 4 heteroatoms. The van der Waals surface area contributed by atoms with Crippen LogP contribution in [-0.4, -0.2) is 0 Å². The third-order valence-electron chi connectivity index (χ3n) is 8.82. The summed E-state index contributed by atoms with van der Waals surface area (Å²) in [6.45, 7) is 0. The molecular formula is C40H23NO2S. The number of nitrogens with zero attached hydrogens (tertiary/aromatic N) is 1. The highest BCUT2D eigenvalue weighted by Crippen LogP contribution is 2.43. The van der Waals surface area contributed by atoms with E-state index in [0.29, 0.717) is 0 Å². The summed E-state index contributed by atoms with van der Waals surface area (Å²) in [6.07, 6.45) is 0. The summed E-state index contributed by atoms with van der Waals surface area (Å²) in [5.74, 6) is 0. The summed E-state index contributed by atoms with van der Waals surface area (Å²) < 4.78 is 15.1. The van der Waals surface area contributed by atoms with Crippen molar-refractivity contribution in [2.24, 2.45) is 0 Å². The lowest BCUT2D eigenvalue weighted by atomic mass is 10.0. The lowest BCUT2D eigenvalue weighted by molar-refractivity contribution is 0.668. The molecule has 0 unspecified atom stereocenters. The maximum absolute atomic E-state index is 6.35. The van der Waals surface area contributed by atoms with Crippen molar-refractivity contribution in [2.75, 3.05) is 4.90 Å². The van der Waals surface area contributed by atoms with Crippen LogP contribution in [-0.2, 0) is 0 Å². The number of anilines is 3. The molecule has 10 aromatic rings. The van der Waals surface area contributed by atoms with Crippen LogP contribution in [0.3, 0.4) is 0 Å². The minimum atomic E-state index is 0.878. The minimum Gasteiger partial charge on any atom is -0.456 e. The molecule has 206 valence electrons. The zero-order chi connectivity index (χ0) is 28.8. The largest absolute Gasteiger partial charge is 0.456 e. The molecule has 3 heterocycles. The van der Waals surface area contributed by atoms with Crippen LogP contribution in [0.5, 0.6) is 0 Å². The second kappa shape index (κ2) is 8.96. The third-order valence-corrected chi connectivity index (χ3v) is 9.97. The van der Waals surface area contributed by atoms with Gasteiger partial charge in [0.2, 0.25) is 0 Å². The lowest BCUT2D eigenvalue weighted by Gasteiger charge is -2.26. The zero-order valence-electron chi connectivity index (χ0n) is 23.5. The fourth-order valence-corrected chi connectivity index (χ4v) is 7.84. The molecule has 7 aromatic carbocycles. The zero-order valence-corrected chi connectivity index (χ0v) is 24.3. The highest BCUT2D eigenvalue weighted by atomic mass is 32.1. The van der Waals surface area contributed by atoms with E-state index in [4.69, 9.17) is 8.83 Å².